The van der Waals surface area contributed by atoms with Crippen LogP contribution in [0.25, 0.3) is 0 Å². The van der Waals surface area contributed by atoms with Crippen molar-refractivity contribution in [1.29, 1.82) is 0 Å². The van der Waals surface area contributed by atoms with Crippen LogP contribution in [0.5, 0.6) is 0 Å². The molecule has 0 aromatic heterocycles. The Morgan fingerprint density at radius 2 is 2.08 bits per heavy atom. The van der Waals surface area contributed by atoms with E-state index >= 15 is 0 Å². The molecule has 10 heteroatoms. The van der Waals surface area contributed by atoms with Crippen LogP contribution >= 0.6 is 11.6 Å². The third kappa shape index (κ3) is 6.39. The van der Waals surface area contributed by atoms with Gasteiger partial charge >= 0.3 is 18.0 Å². The number of nitrogens with zero attached hydrogens (tertiary/aromatic N) is 3. The molecule has 4 amide bonds. The molecule has 0 radical (unpaired) electrons. The Labute approximate surface area is 218 Å². The number of ether oxygens (including phenoxy) is 1. The van der Waals surface area contributed by atoms with Crippen molar-refractivity contribution in [2.75, 3.05) is 45.9 Å². The predicted molar refractivity (Wildman–Crippen MR) is 140 cm³/mol. The lowest BCUT2D eigenvalue weighted by molar-refractivity contribution is -0.139. The Morgan fingerprint density at radius 3 is 2.72 bits per heavy atom. The van der Waals surface area contributed by atoms with Crippen molar-refractivity contribution in [2.24, 2.45) is 0 Å². The lowest BCUT2D eigenvalue weighted by Crippen LogP contribution is -2.58. The molecule has 9 nitrogen and oxygen atoms in total. The van der Waals surface area contributed by atoms with Gasteiger partial charge < -0.3 is 20.3 Å². The Hall–Kier alpha value is -3.04. The summed E-state index contributed by atoms with van der Waals surface area (Å²) >= 11 is 6.23. The molecule has 2 N–H and O–H groups in total. The number of hydrogen-bond donors (Lipinski definition) is 2. The molecular formula is C26H36ClN5O4. The van der Waals surface area contributed by atoms with E-state index in [4.69, 9.17) is 16.3 Å². The van der Waals surface area contributed by atoms with E-state index in [9.17, 15) is 14.4 Å². The number of nitrogens with one attached hydrogen (secondary N) is 2. The summed E-state index contributed by atoms with van der Waals surface area (Å²) in [5.74, 6) is -0.489. The van der Waals surface area contributed by atoms with E-state index < -0.39 is 12.0 Å². The summed E-state index contributed by atoms with van der Waals surface area (Å²) in [6.07, 6.45) is 2.50. The average molecular weight is 518 g/mol. The van der Waals surface area contributed by atoms with Gasteiger partial charge in [0.05, 0.1) is 18.2 Å². The lowest BCUT2D eigenvalue weighted by Gasteiger charge is -2.42. The zero-order valence-electron chi connectivity index (χ0n) is 21.3. The van der Waals surface area contributed by atoms with Gasteiger partial charge in [0.25, 0.3) is 0 Å². The molecule has 2 aliphatic heterocycles. The fraction of sp³-hybridized carbons (Fsp3) is 0.500. The highest BCUT2D eigenvalue weighted by Crippen LogP contribution is 2.33. The van der Waals surface area contributed by atoms with Crippen molar-refractivity contribution in [1.82, 2.24) is 25.3 Å². The molecule has 1 fully saturated rings. The van der Waals surface area contributed by atoms with Crippen LogP contribution in [0.15, 0.2) is 48.2 Å². The second kappa shape index (κ2) is 12.8. The number of carbonyl (C=O) groups is 3. The van der Waals surface area contributed by atoms with Crippen molar-refractivity contribution in [2.45, 2.75) is 39.3 Å². The summed E-state index contributed by atoms with van der Waals surface area (Å²) in [5, 5.41) is 6.39. The molecule has 0 unspecified atom stereocenters. The third-order valence-electron chi connectivity index (χ3n) is 6.30. The summed E-state index contributed by atoms with van der Waals surface area (Å²) in [7, 11) is 0. The molecule has 2 atom stereocenters. The van der Waals surface area contributed by atoms with Gasteiger partial charge in [-0.05, 0) is 38.0 Å². The van der Waals surface area contributed by atoms with Crippen molar-refractivity contribution < 1.29 is 19.1 Å². The number of carbonyl (C=O) groups excluding carboxylic acids is 3. The fourth-order valence-electron chi connectivity index (χ4n) is 4.61. The summed E-state index contributed by atoms with van der Waals surface area (Å²) in [5.41, 5.74) is 1.63. The van der Waals surface area contributed by atoms with E-state index in [-0.39, 0.29) is 31.3 Å². The van der Waals surface area contributed by atoms with Crippen LogP contribution < -0.4 is 10.6 Å². The van der Waals surface area contributed by atoms with Gasteiger partial charge in [0.15, 0.2) is 0 Å². The zero-order valence-corrected chi connectivity index (χ0v) is 22.0. The van der Waals surface area contributed by atoms with Crippen molar-refractivity contribution in [3.05, 3.63) is 58.8 Å². The molecule has 1 aromatic rings. The van der Waals surface area contributed by atoms with E-state index in [1.54, 1.807) is 31.2 Å². The highest BCUT2D eigenvalue weighted by molar-refractivity contribution is 6.30. The zero-order chi connectivity index (χ0) is 26.2. The second-order valence-corrected chi connectivity index (χ2v) is 9.36. The van der Waals surface area contributed by atoms with Crippen LogP contribution in [0.3, 0.4) is 0 Å². The smallest absolute Gasteiger partial charge is 0.338 e. The van der Waals surface area contributed by atoms with Gasteiger partial charge in [0.1, 0.15) is 0 Å². The quantitative estimate of drug-likeness (QED) is 0.386. The number of hydrogen-bond acceptors (Lipinski definition) is 5. The van der Waals surface area contributed by atoms with Crippen LogP contribution in [-0.4, -0.2) is 84.6 Å². The molecule has 3 rings (SSSR count). The Kier molecular flexibility index (Phi) is 9.78. The third-order valence-corrected chi connectivity index (χ3v) is 6.53. The van der Waals surface area contributed by atoms with Crippen LogP contribution in [0, 0.1) is 0 Å². The first-order valence-electron chi connectivity index (χ1n) is 12.4. The van der Waals surface area contributed by atoms with Crippen LogP contribution in [0.1, 0.15) is 38.8 Å². The normalized spacial score (nSPS) is 20.7. The molecule has 0 bridgehead atoms. The van der Waals surface area contributed by atoms with Gasteiger partial charge in [-0.2, -0.15) is 0 Å². The summed E-state index contributed by atoms with van der Waals surface area (Å²) in [6.45, 7) is 12.7. The number of rotatable bonds is 9. The van der Waals surface area contributed by atoms with Crippen molar-refractivity contribution in [3.8, 4) is 0 Å². The lowest BCUT2D eigenvalue weighted by atomic mass is 9.94. The van der Waals surface area contributed by atoms with Gasteiger partial charge in [0.2, 0.25) is 0 Å². The Balaban J connectivity index is 1.96. The molecule has 36 heavy (non-hydrogen) atoms. The molecule has 0 saturated carbocycles. The largest absolute Gasteiger partial charge is 0.463 e. The molecular weight excluding hydrogens is 482 g/mol. The Morgan fingerprint density at radius 1 is 1.31 bits per heavy atom. The number of halogens is 1. The molecule has 196 valence electrons. The minimum atomic E-state index is -0.704. The average Bonchev–Trinajstić information content (AvgIpc) is 2.84. The standard InChI is InChI=1S/C26H36ClN5O4/c1-5-11-28-25(34)31-14-13-30(16-18(31)4)17-21-22(24(33)36-7-3)23(19-9-8-10-20(27)15-19)29-26(35)32(21)12-6-2/h6,8-10,15,18,23H,2,5,7,11-14,16-17H2,1,3-4H3,(H,28,34)(H,29,35)/t18-,23+/m1/s1. The molecule has 0 aliphatic carbocycles. The summed E-state index contributed by atoms with van der Waals surface area (Å²) in [6, 6.07) is 5.96. The van der Waals surface area contributed by atoms with Crippen LogP contribution in [-0.2, 0) is 9.53 Å². The van der Waals surface area contributed by atoms with Crippen LogP contribution in [0.4, 0.5) is 9.59 Å². The molecule has 2 heterocycles. The van der Waals surface area contributed by atoms with E-state index in [1.807, 2.05) is 24.8 Å². The number of amides is 4. The minimum Gasteiger partial charge on any atom is -0.463 e. The van der Waals surface area contributed by atoms with Gasteiger partial charge in [0, 0.05) is 56.0 Å². The van der Waals surface area contributed by atoms with Gasteiger partial charge in [-0.1, -0.05) is 36.7 Å². The van der Waals surface area contributed by atoms with E-state index in [0.717, 1.165) is 6.42 Å². The first-order chi connectivity index (χ1) is 17.3. The maximum atomic E-state index is 13.3. The van der Waals surface area contributed by atoms with Crippen LogP contribution in [0.2, 0.25) is 5.02 Å². The maximum absolute atomic E-state index is 13.3. The molecule has 1 aromatic carbocycles. The first-order valence-corrected chi connectivity index (χ1v) is 12.8. The van der Waals surface area contributed by atoms with Crippen molar-refractivity contribution in [3.63, 3.8) is 0 Å². The highest BCUT2D eigenvalue weighted by atomic mass is 35.5. The van der Waals surface area contributed by atoms with Gasteiger partial charge in [-0.15, -0.1) is 6.58 Å². The SMILES string of the molecule is C=CCN1C(=O)N[C@@H](c2cccc(Cl)c2)C(C(=O)OCC)=C1CN1CCN(C(=O)NCCC)[C@H](C)C1. The van der Waals surface area contributed by atoms with Crippen molar-refractivity contribution >= 4 is 29.6 Å². The topological polar surface area (TPSA) is 94.2 Å². The monoisotopic (exact) mass is 517 g/mol. The fourth-order valence-corrected chi connectivity index (χ4v) is 4.80. The number of esters is 1. The predicted octanol–water partition coefficient (Wildman–Crippen LogP) is 3.54. The number of benzene rings is 1. The summed E-state index contributed by atoms with van der Waals surface area (Å²) < 4.78 is 5.44. The van der Waals surface area contributed by atoms with E-state index in [0.29, 0.717) is 54.6 Å². The van der Waals surface area contributed by atoms with Gasteiger partial charge in [-0.25, -0.2) is 14.4 Å². The maximum Gasteiger partial charge on any atom is 0.338 e. The second-order valence-electron chi connectivity index (χ2n) is 8.93. The highest BCUT2D eigenvalue weighted by Gasteiger charge is 2.39. The first kappa shape index (κ1) is 27.5. The summed E-state index contributed by atoms with van der Waals surface area (Å²) in [4.78, 5) is 44.5. The number of urea groups is 2. The molecule has 0 spiro atoms. The Bertz CT molecular complexity index is 1010. The van der Waals surface area contributed by atoms with Gasteiger partial charge in [-0.3, -0.25) is 9.80 Å². The van der Waals surface area contributed by atoms with E-state index in [1.165, 1.54) is 4.90 Å². The minimum absolute atomic E-state index is 0.0313. The molecule has 1 saturated heterocycles. The number of piperazine rings is 1. The van der Waals surface area contributed by atoms with E-state index in [2.05, 4.69) is 22.1 Å². The molecule has 2 aliphatic rings.